The van der Waals surface area contributed by atoms with E-state index < -0.39 is 42.1 Å². The predicted molar refractivity (Wildman–Crippen MR) is 213 cm³/mol. The van der Waals surface area contributed by atoms with Crippen LogP contribution >= 0.6 is 0 Å². The quantitative estimate of drug-likeness (QED) is 0.0916. The fourth-order valence-electron chi connectivity index (χ4n) is 8.47. The van der Waals surface area contributed by atoms with Crippen molar-refractivity contribution >= 4 is 24.2 Å². The largest absolute Gasteiger partial charge is 0.457 e. The molecule has 1 N–H and O–H groups in total. The van der Waals surface area contributed by atoms with Gasteiger partial charge in [-0.2, -0.15) is 0 Å². The van der Waals surface area contributed by atoms with Gasteiger partial charge in [-0.05, 0) is 76.9 Å². The minimum Gasteiger partial charge on any atom is -0.457 e. The van der Waals surface area contributed by atoms with Crippen molar-refractivity contribution in [3.05, 3.63) is 36.0 Å². The maximum atomic E-state index is 13.7. The Balaban J connectivity index is 1.28. The standard InChI is InChI=1S/C43H68N4O9/c1-32(31-53-40(49)45-22-9-10-23-45)14-13-15-33(2)39-34(3)18-19-37(55-42(51)47-28-26-44(27-29-47)35-16-7-5-6-8-17-35)43(4,52)21-20-36(30-38(48)56-39)54-41(50)46-24-11-12-25-46/h13-15,18-19,32,34-37,39,52H,5-12,16-17,20-31H2,1-4H3/b14-13+,19-18-,33-15+/t32-,34+,36-,37+,39-,43+/m1/s1. The summed E-state index contributed by atoms with van der Waals surface area (Å²) in [5, 5.41) is 11.9. The number of aliphatic hydroxyl groups is 1. The first-order valence-corrected chi connectivity index (χ1v) is 21.4. The molecule has 4 fully saturated rings. The maximum Gasteiger partial charge on any atom is 0.410 e. The minimum absolute atomic E-state index is 0.0368. The highest BCUT2D eigenvalue weighted by molar-refractivity contribution is 5.72. The minimum atomic E-state index is -1.52. The fraction of sp³-hybridized carbons (Fsp3) is 0.767. The molecule has 4 aliphatic heterocycles. The van der Waals surface area contributed by atoms with Crippen LogP contribution < -0.4 is 0 Å². The van der Waals surface area contributed by atoms with Crippen LogP contribution in [-0.2, 0) is 23.7 Å². The van der Waals surface area contributed by atoms with Gasteiger partial charge in [0.25, 0.3) is 0 Å². The number of piperazine rings is 1. The summed E-state index contributed by atoms with van der Waals surface area (Å²) in [5.74, 6) is -0.919. The van der Waals surface area contributed by atoms with E-state index in [9.17, 15) is 24.3 Å². The van der Waals surface area contributed by atoms with E-state index in [1.807, 2.05) is 45.1 Å². The number of ether oxygens (including phenoxy) is 4. The summed E-state index contributed by atoms with van der Waals surface area (Å²) in [7, 11) is 0. The molecule has 0 aromatic rings. The van der Waals surface area contributed by atoms with Crippen LogP contribution in [0.4, 0.5) is 14.4 Å². The molecule has 3 amide bonds. The first kappa shape index (κ1) is 43.5. The lowest BCUT2D eigenvalue weighted by Gasteiger charge is -2.40. The topological polar surface area (TPSA) is 138 Å². The van der Waals surface area contributed by atoms with Crippen LogP contribution in [0, 0.1) is 11.8 Å². The third-order valence-corrected chi connectivity index (χ3v) is 12.2. The van der Waals surface area contributed by atoms with E-state index in [-0.39, 0.29) is 43.8 Å². The smallest absolute Gasteiger partial charge is 0.410 e. The summed E-state index contributed by atoms with van der Waals surface area (Å²) in [6.07, 6.45) is 16.9. The Kier molecular flexibility index (Phi) is 16.5. The number of likely N-dealkylation sites (tertiary alicyclic amines) is 2. The number of cyclic esters (lactones) is 1. The molecule has 314 valence electrons. The molecule has 5 aliphatic rings. The number of allylic oxidation sites excluding steroid dienone is 2. The van der Waals surface area contributed by atoms with E-state index in [0.29, 0.717) is 32.2 Å². The first-order valence-electron chi connectivity index (χ1n) is 21.4. The van der Waals surface area contributed by atoms with E-state index >= 15 is 0 Å². The SMILES string of the molecule is C/C(=C\C=C\[C@@H](C)COC(=O)N1CCCC1)[C@H]1OC(=O)C[C@H](OC(=O)N2CCCC2)CC[C@](C)(O)[C@@H](OC(=O)N2CCN(C3CCCCCC3)CC2)/C=C\[C@@H]1C. The molecule has 1 saturated carbocycles. The van der Waals surface area contributed by atoms with Crippen molar-refractivity contribution in [2.75, 3.05) is 59.0 Å². The Morgan fingerprint density at radius 3 is 2.07 bits per heavy atom. The van der Waals surface area contributed by atoms with Crippen molar-refractivity contribution in [3.8, 4) is 0 Å². The zero-order valence-electron chi connectivity index (χ0n) is 34.4. The summed E-state index contributed by atoms with van der Waals surface area (Å²) in [5.41, 5.74) is -0.755. The summed E-state index contributed by atoms with van der Waals surface area (Å²) >= 11 is 0. The number of carbonyl (C=O) groups excluding carboxylic acids is 4. The number of hydrogen-bond donors (Lipinski definition) is 1. The third-order valence-electron chi connectivity index (χ3n) is 12.2. The van der Waals surface area contributed by atoms with Gasteiger partial charge < -0.3 is 38.8 Å². The monoisotopic (exact) mass is 784 g/mol. The number of rotatable bonds is 8. The van der Waals surface area contributed by atoms with Gasteiger partial charge in [0.1, 0.15) is 17.8 Å². The Bertz CT molecular complexity index is 1390. The van der Waals surface area contributed by atoms with Gasteiger partial charge in [-0.1, -0.05) is 63.8 Å². The third kappa shape index (κ3) is 13.0. The summed E-state index contributed by atoms with van der Waals surface area (Å²) < 4.78 is 23.6. The lowest BCUT2D eigenvalue weighted by Crippen LogP contribution is -2.53. The van der Waals surface area contributed by atoms with E-state index in [1.165, 1.54) is 38.5 Å². The second kappa shape index (κ2) is 21.3. The lowest BCUT2D eigenvalue weighted by atomic mass is 9.88. The molecule has 0 bridgehead atoms. The zero-order valence-corrected chi connectivity index (χ0v) is 34.4. The zero-order chi connectivity index (χ0) is 40.1. The van der Waals surface area contributed by atoms with Crippen LogP contribution in [0.15, 0.2) is 36.0 Å². The van der Waals surface area contributed by atoms with E-state index in [2.05, 4.69) is 4.90 Å². The molecule has 56 heavy (non-hydrogen) atoms. The first-order chi connectivity index (χ1) is 26.9. The lowest BCUT2D eigenvalue weighted by molar-refractivity contribution is -0.151. The number of hydrogen-bond acceptors (Lipinski definition) is 10. The molecule has 5 rings (SSSR count). The normalized spacial score (nSPS) is 30.6. The molecule has 13 nitrogen and oxygen atoms in total. The molecule has 0 aromatic carbocycles. The van der Waals surface area contributed by atoms with Crippen LogP contribution in [0.25, 0.3) is 0 Å². The Labute approximate surface area is 334 Å². The van der Waals surface area contributed by atoms with Crippen molar-refractivity contribution in [1.29, 1.82) is 0 Å². The molecule has 0 spiro atoms. The average Bonchev–Trinajstić information content (AvgIpc) is 3.87. The molecule has 1 aliphatic carbocycles. The Hall–Kier alpha value is -3.58. The predicted octanol–water partition coefficient (Wildman–Crippen LogP) is 6.84. The van der Waals surface area contributed by atoms with Crippen molar-refractivity contribution in [2.45, 2.75) is 141 Å². The van der Waals surface area contributed by atoms with Crippen molar-refractivity contribution < 1.29 is 43.2 Å². The molecule has 0 aromatic heterocycles. The number of esters is 1. The van der Waals surface area contributed by atoms with Crippen LogP contribution in [0.1, 0.15) is 111 Å². The Morgan fingerprint density at radius 1 is 0.839 bits per heavy atom. The molecular weight excluding hydrogens is 716 g/mol. The molecule has 0 unspecified atom stereocenters. The van der Waals surface area contributed by atoms with Crippen molar-refractivity contribution in [3.63, 3.8) is 0 Å². The molecule has 3 saturated heterocycles. The van der Waals surface area contributed by atoms with Crippen LogP contribution in [0.2, 0.25) is 0 Å². The van der Waals surface area contributed by atoms with Gasteiger partial charge in [-0.15, -0.1) is 0 Å². The van der Waals surface area contributed by atoms with Crippen LogP contribution in [-0.4, -0.2) is 138 Å². The summed E-state index contributed by atoms with van der Waals surface area (Å²) in [6.45, 7) is 13.0. The van der Waals surface area contributed by atoms with Crippen molar-refractivity contribution in [1.82, 2.24) is 19.6 Å². The van der Waals surface area contributed by atoms with E-state index in [4.69, 9.17) is 18.9 Å². The van der Waals surface area contributed by atoms with Crippen LogP contribution in [0.5, 0.6) is 0 Å². The molecule has 13 heteroatoms. The van der Waals surface area contributed by atoms with Crippen LogP contribution in [0.3, 0.4) is 0 Å². The van der Waals surface area contributed by atoms with Gasteiger partial charge in [-0.3, -0.25) is 9.69 Å². The van der Waals surface area contributed by atoms with Gasteiger partial charge in [0.05, 0.1) is 13.0 Å². The van der Waals surface area contributed by atoms with Gasteiger partial charge in [-0.25, -0.2) is 14.4 Å². The fourth-order valence-corrected chi connectivity index (χ4v) is 8.47. The van der Waals surface area contributed by atoms with E-state index in [0.717, 1.165) is 57.4 Å². The Morgan fingerprint density at radius 2 is 1.43 bits per heavy atom. The highest BCUT2D eigenvalue weighted by Gasteiger charge is 2.38. The van der Waals surface area contributed by atoms with Crippen molar-refractivity contribution in [2.24, 2.45) is 11.8 Å². The second-order valence-corrected chi connectivity index (χ2v) is 17.0. The molecular formula is C43H68N4O9. The number of carbonyl (C=O) groups is 4. The molecule has 0 radical (unpaired) electrons. The second-order valence-electron chi connectivity index (χ2n) is 17.0. The van der Waals surface area contributed by atoms with Gasteiger partial charge in [0.2, 0.25) is 0 Å². The summed E-state index contributed by atoms with van der Waals surface area (Å²) in [6, 6.07) is 0.572. The maximum absolute atomic E-state index is 13.7. The summed E-state index contributed by atoms with van der Waals surface area (Å²) in [4.78, 5) is 60.2. The highest BCUT2D eigenvalue weighted by atomic mass is 16.6. The van der Waals surface area contributed by atoms with Gasteiger partial charge >= 0.3 is 24.2 Å². The molecule has 6 atom stereocenters. The molecule has 4 heterocycles. The van der Waals surface area contributed by atoms with E-state index in [1.54, 1.807) is 27.7 Å². The van der Waals surface area contributed by atoms with Gasteiger partial charge in [0.15, 0.2) is 6.10 Å². The number of amides is 3. The van der Waals surface area contributed by atoms with Gasteiger partial charge in [0, 0.05) is 70.2 Å². The number of nitrogens with zero attached hydrogens (tertiary/aromatic N) is 4. The average molecular weight is 785 g/mol. The highest BCUT2D eigenvalue weighted by Crippen LogP contribution is 2.29.